The van der Waals surface area contributed by atoms with E-state index in [0.717, 1.165) is 12.6 Å². The van der Waals surface area contributed by atoms with E-state index in [2.05, 4.69) is 17.3 Å². The highest BCUT2D eigenvalue weighted by molar-refractivity contribution is 4.97. The lowest BCUT2D eigenvalue weighted by Gasteiger charge is -2.52. The summed E-state index contributed by atoms with van der Waals surface area (Å²) in [6, 6.07) is 0. The van der Waals surface area contributed by atoms with Gasteiger partial charge in [0.05, 0.1) is 0 Å². The first-order valence-corrected chi connectivity index (χ1v) is 6.85. The molecule has 0 unspecified atom stereocenters. The number of hydrogen-bond acceptors (Lipinski definition) is 3. The third-order valence-corrected chi connectivity index (χ3v) is 4.11. The first kappa shape index (κ1) is 13.9. The molecule has 0 atom stereocenters. The molecule has 1 aliphatic carbocycles. The first-order chi connectivity index (χ1) is 7.78. The summed E-state index contributed by atoms with van der Waals surface area (Å²) in [5.74, 6) is 0.949. The zero-order valence-corrected chi connectivity index (χ0v) is 11.3. The van der Waals surface area contributed by atoms with Crippen LogP contribution in [0.25, 0.3) is 0 Å². The summed E-state index contributed by atoms with van der Waals surface area (Å²) < 4.78 is 0. The van der Waals surface area contributed by atoms with Crippen LogP contribution >= 0.6 is 0 Å². The van der Waals surface area contributed by atoms with E-state index < -0.39 is 0 Å². The number of likely N-dealkylation sites (tertiary alicyclic amines) is 1. The van der Waals surface area contributed by atoms with E-state index in [1.54, 1.807) is 0 Å². The van der Waals surface area contributed by atoms with Gasteiger partial charge in [-0.05, 0) is 63.7 Å². The van der Waals surface area contributed by atoms with Gasteiger partial charge in [0.25, 0.3) is 0 Å². The molecule has 0 aromatic heterocycles. The third-order valence-electron chi connectivity index (χ3n) is 4.11. The van der Waals surface area contributed by atoms with Crippen LogP contribution in [-0.2, 0) is 0 Å². The highest BCUT2D eigenvalue weighted by atomic mass is 15.2. The van der Waals surface area contributed by atoms with Crippen molar-refractivity contribution >= 4 is 0 Å². The molecule has 3 nitrogen and oxygen atoms in total. The molecule has 1 aliphatic heterocycles. The fourth-order valence-corrected chi connectivity index (χ4v) is 3.22. The van der Waals surface area contributed by atoms with Crippen LogP contribution < -0.4 is 11.1 Å². The summed E-state index contributed by atoms with van der Waals surface area (Å²) in [7, 11) is 2.06. The fraction of sp³-hybridized carbons (Fsp3) is 1.00. The van der Waals surface area contributed by atoms with Gasteiger partial charge in [-0.25, -0.2) is 0 Å². The van der Waals surface area contributed by atoms with Crippen LogP contribution in [0, 0.1) is 11.3 Å². The van der Waals surface area contributed by atoms with E-state index in [4.69, 9.17) is 5.73 Å². The molecule has 16 heavy (non-hydrogen) atoms. The number of piperidine rings is 1. The molecule has 2 rings (SSSR count). The zero-order valence-electron chi connectivity index (χ0n) is 11.3. The van der Waals surface area contributed by atoms with Crippen LogP contribution in [-0.4, -0.2) is 38.3 Å². The normalized spacial score (nSPS) is 24.8. The van der Waals surface area contributed by atoms with Crippen LogP contribution in [0.1, 0.15) is 39.5 Å². The van der Waals surface area contributed by atoms with Gasteiger partial charge in [0, 0.05) is 6.67 Å². The fourth-order valence-electron chi connectivity index (χ4n) is 3.22. The smallest absolute Gasteiger partial charge is 0.0455 e. The van der Waals surface area contributed by atoms with Gasteiger partial charge in [-0.3, -0.25) is 4.90 Å². The molecule has 1 saturated carbocycles. The monoisotopic (exact) mass is 227 g/mol. The number of nitrogens with one attached hydrogen (secondary N) is 1. The third kappa shape index (κ3) is 3.19. The van der Waals surface area contributed by atoms with E-state index in [1.165, 1.54) is 45.3 Å². The topological polar surface area (TPSA) is 41.3 Å². The molecule has 0 aromatic rings. The van der Waals surface area contributed by atoms with Crippen LogP contribution in [0.3, 0.4) is 0 Å². The average Bonchev–Trinajstić information content (AvgIpc) is 2.31. The van der Waals surface area contributed by atoms with E-state index in [0.29, 0.717) is 5.41 Å². The van der Waals surface area contributed by atoms with Crippen molar-refractivity contribution in [2.24, 2.45) is 17.1 Å². The minimum Gasteiger partial charge on any atom is -0.319 e. The molecule has 1 saturated heterocycles. The van der Waals surface area contributed by atoms with Gasteiger partial charge in [-0.15, -0.1) is 0 Å². The van der Waals surface area contributed by atoms with Crippen LogP contribution in [0.2, 0.25) is 0 Å². The molecule has 2 fully saturated rings. The Morgan fingerprint density at radius 2 is 1.81 bits per heavy atom. The van der Waals surface area contributed by atoms with Crippen LogP contribution in [0.5, 0.6) is 0 Å². The van der Waals surface area contributed by atoms with Gasteiger partial charge in [0.1, 0.15) is 0 Å². The van der Waals surface area contributed by atoms with Crippen molar-refractivity contribution < 1.29 is 0 Å². The Labute approximate surface area is 101 Å². The number of hydrogen-bond donors (Lipinski definition) is 2. The summed E-state index contributed by atoms with van der Waals surface area (Å²) in [6.07, 6.45) is 5.66. The SMILES string of the molecule is CC.CNCC1CC2(CCN(CN)CC2)C1. The van der Waals surface area contributed by atoms with Gasteiger partial charge in [-0.2, -0.15) is 0 Å². The van der Waals surface area contributed by atoms with E-state index >= 15 is 0 Å². The van der Waals surface area contributed by atoms with Crippen molar-refractivity contribution in [2.45, 2.75) is 39.5 Å². The lowest BCUT2D eigenvalue weighted by atomic mass is 9.57. The Balaban J connectivity index is 0.000000606. The van der Waals surface area contributed by atoms with Gasteiger partial charge >= 0.3 is 0 Å². The summed E-state index contributed by atoms with van der Waals surface area (Å²) in [6.45, 7) is 8.41. The van der Waals surface area contributed by atoms with Crippen molar-refractivity contribution in [3.05, 3.63) is 0 Å². The second-order valence-corrected chi connectivity index (χ2v) is 5.13. The molecule has 0 amide bonds. The van der Waals surface area contributed by atoms with Crippen molar-refractivity contribution in [1.29, 1.82) is 0 Å². The van der Waals surface area contributed by atoms with Crippen molar-refractivity contribution in [1.82, 2.24) is 10.2 Å². The van der Waals surface area contributed by atoms with Crippen LogP contribution in [0.4, 0.5) is 0 Å². The average molecular weight is 227 g/mol. The van der Waals surface area contributed by atoms with Gasteiger partial charge in [0.15, 0.2) is 0 Å². The lowest BCUT2D eigenvalue weighted by molar-refractivity contribution is -0.0111. The zero-order chi connectivity index (χ0) is 12.0. The summed E-state index contributed by atoms with van der Waals surface area (Å²) in [5.41, 5.74) is 6.36. The Morgan fingerprint density at radius 1 is 1.25 bits per heavy atom. The maximum atomic E-state index is 5.64. The highest BCUT2D eigenvalue weighted by Gasteiger charge is 2.44. The largest absolute Gasteiger partial charge is 0.319 e. The van der Waals surface area contributed by atoms with Crippen molar-refractivity contribution in [2.75, 3.05) is 33.4 Å². The molecule has 0 aromatic carbocycles. The molecule has 0 radical (unpaired) electrons. The van der Waals surface area contributed by atoms with Gasteiger partial charge < -0.3 is 11.1 Å². The maximum absolute atomic E-state index is 5.64. The standard InChI is InChI=1S/C11H23N3.C2H6/c1-13-8-10-6-11(7-10)2-4-14(9-12)5-3-11;1-2/h10,13H,2-9,12H2,1H3;1-2H3. The number of nitrogens with two attached hydrogens (primary N) is 1. The van der Waals surface area contributed by atoms with E-state index in [9.17, 15) is 0 Å². The van der Waals surface area contributed by atoms with Crippen molar-refractivity contribution in [3.8, 4) is 0 Å². The van der Waals surface area contributed by atoms with Crippen molar-refractivity contribution in [3.63, 3.8) is 0 Å². The van der Waals surface area contributed by atoms with Gasteiger partial charge in [0.2, 0.25) is 0 Å². The lowest BCUT2D eigenvalue weighted by Crippen LogP contribution is -2.49. The predicted octanol–water partition coefficient (Wildman–Crippen LogP) is 1.64. The highest BCUT2D eigenvalue weighted by Crippen LogP contribution is 2.52. The second-order valence-electron chi connectivity index (χ2n) is 5.13. The molecule has 3 N–H and O–H groups in total. The minimum absolute atomic E-state index is 0.715. The van der Waals surface area contributed by atoms with Gasteiger partial charge in [-0.1, -0.05) is 13.8 Å². The Morgan fingerprint density at radius 3 is 2.25 bits per heavy atom. The molecule has 96 valence electrons. The quantitative estimate of drug-likeness (QED) is 0.770. The molecule has 1 heterocycles. The molecular formula is C13H29N3. The molecular weight excluding hydrogens is 198 g/mol. The summed E-state index contributed by atoms with van der Waals surface area (Å²) in [5, 5.41) is 3.28. The molecule has 2 aliphatic rings. The number of rotatable bonds is 3. The van der Waals surface area contributed by atoms with E-state index in [-0.39, 0.29) is 0 Å². The number of nitrogens with zero attached hydrogens (tertiary/aromatic N) is 1. The Hall–Kier alpha value is -0.120. The maximum Gasteiger partial charge on any atom is 0.0455 e. The Bertz CT molecular complexity index is 170. The predicted molar refractivity (Wildman–Crippen MR) is 70.3 cm³/mol. The minimum atomic E-state index is 0.715. The van der Waals surface area contributed by atoms with E-state index in [1.807, 2.05) is 13.8 Å². The summed E-state index contributed by atoms with van der Waals surface area (Å²) in [4.78, 5) is 2.37. The first-order valence-electron chi connectivity index (χ1n) is 6.85. The summed E-state index contributed by atoms with van der Waals surface area (Å²) >= 11 is 0. The molecule has 3 heteroatoms. The Kier molecular flexibility index (Phi) is 5.73. The second kappa shape index (κ2) is 6.58. The van der Waals surface area contributed by atoms with Crippen LogP contribution in [0.15, 0.2) is 0 Å². The molecule has 1 spiro atoms. The molecule has 0 bridgehead atoms.